The lowest BCUT2D eigenvalue weighted by Gasteiger charge is -2.45. The molecule has 102 heavy (non-hydrogen) atoms. The number of anilines is 6. The van der Waals surface area contributed by atoms with Crippen molar-refractivity contribution in [3.8, 4) is 62.6 Å². The molecule has 3 aromatic heterocycles. The zero-order valence-electron chi connectivity index (χ0n) is 77.0. The van der Waals surface area contributed by atoms with Gasteiger partial charge in [0.15, 0.2) is 0 Å². The van der Waals surface area contributed by atoms with Crippen LogP contribution >= 0.6 is 0 Å². The number of nitrogens with zero attached hydrogens (tertiary/aromatic N) is 7. The highest BCUT2D eigenvalue weighted by Crippen LogP contribution is 2.54. The molecule has 0 unspecified atom stereocenters. The van der Waals surface area contributed by atoms with E-state index in [0.29, 0.717) is 77.9 Å². The molecule has 0 saturated carbocycles. The van der Waals surface area contributed by atoms with E-state index in [1.165, 1.54) is 9.13 Å². The van der Waals surface area contributed by atoms with Gasteiger partial charge in [0.05, 0.1) is 96.1 Å². The second kappa shape index (κ2) is 22.8. The second-order valence-electron chi connectivity index (χ2n) is 28.0. The number of nitriles is 2. The Hall–Kier alpha value is -12.9. The molecule has 0 spiro atoms. The zero-order chi connectivity index (χ0) is 87.1. The zero-order valence-corrected chi connectivity index (χ0v) is 56.0. The summed E-state index contributed by atoms with van der Waals surface area (Å²) in [6.45, 7) is 11.5. The molecule has 0 fully saturated rings. The van der Waals surface area contributed by atoms with Crippen molar-refractivity contribution in [2.24, 2.45) is 0 Å². The number of hydrogen-bond acceptors (Lipinski definition) is 4. The Labute approximate surface area is 623 Å². The number of rotatable bonds is 8. The molecule has 0 aliphatic carbocycles. The van der Waals surface area contributed by atoms with Crippen LogP contribution in [0.25, 0.3) is 116 Å². The van der Waals surface area contributed by atoms with Crippen molar-refractivity contribution in [3.63, 3.8) is 0 Å². The summed E-state index contributed by atoms with van der Waals surface area (Å²) in [5, 5.41) is 22.9. The summed E-state index contributed by atoms with van der Waals surface area (Å²) in [5.74, 6) is 0. The van der Waals surface area contributed by atoms with Gasteiger partial charge in [-0.05, 0) is 176 Å². The summed E-state index contributed by atoms with van der Waals surface area (Å²) in [5.41, 5.74) is 8.84. The molecule has 7 nitrogen and oxygen atoms in total. The van der Waals surface area contributed by atoms with Crippen LogP contribution in [0.1, 0.15) is 92.6 Å². The molecule has 0 bridgehead atoms. The van der Waals surface area contributed by atoms with Crippen molar-refractivity contribution in [2.45, 2.75) is 52.4 Å². The van der Waals surface area contributed by atoms with Crippen LogP contribution in [0.2, 0.25) is 0 Å². The molecule has 2 aliphatic heterocycles. The topological polar surface area (TPSA) is 68.8 Å². The first-order chi connectivity index (χ1) is 58.5. The average Bonchev–Trinajstić information content (AvgIpc) is 1.10. The van der Waals surface area contributed by atoms with Gasteiger partial charge in [0.1, 0.15) is 6.07 Å². The van der Waals surface area contributed by atoms with Gasteiger partial charge in [0.25, 0.3) is 6.71 Å². The molecule has 0 atom stereocenters. The Bertz CT molecular complexity index is 7540. The summed E-state index contributed by atoms with van der Waals surface area (Å²) in [6.07, 6.45) is 0. The summed E-state index contributed by atoms with van der Waals surface area (Å²) in [6, 6.07) is 46.2. The van der Waals surface area contributed by atoms with Gasteiger partial charge >= 0.3 is 0 Å². The highest BCUT2D eigenvalue weighted by Gasteiger charge is 2.46. The van der Waals surface area contributed by atoms with Gasteiger partial charge in [-0.25, -0.2) is 0 Å². The third kappa shape index (κ3) is 9.26. The van der Waals surface area contributed by atoms with E-state index < -0.39 is 139 Å². The maximum absolute atomic E-state index is 11.7. The lowest BCUT2D eigenvalue weighted by molar-refractivity contribution is 0.590. The van der Waals surface area contributed by atoms with E-state index in [1.807, 2.05) is 117 Å². The van der Waals surface area contributed by atoms with Gasteiger partial charge in [-0.15, -0.1) is 0 Å². The normalized spacial score (nSPS) is 15.6. The fourth-order valence-electron chi connectivity index (χ4n) is 15.4. The minimum absolute atomic E-state index is 0.0415. The maximum atomic E-state index is 11.7. The highest BCUT2D eigenvalue weighted by atomic mass is 15.2. The highest BCUT2D eigenvalue weighted by molar-refractivity contribution is 7.00. The van der Waals surface area contributed by atoms with E-state index >= 15 is 0 Å². The first-order valence-corrected chi connectivity index (χ1v) is 33.5. The van der Waals surface area contributed by atoms with Crippen LogP contribution in [0, 0.1) is 22.7 Å². The lowest BCUT2D eigenvalue weighted by Crippen LogP contribution is -2.61. The number of hydrogen-bond donors (Lipinski definition) is 0. The predicted octanol–water partition coefficient (Wildman–Crippen LogP) is 22.4. The standard InChI is InChI=1S/C94H68BN7/c1-93(2,3)65-41-47-85-77(50-65)76-48-59(57-96)38-46-84(76)101(85)86-53-67(42-39-64(86)58-97)99-88-54-68(98-80-34-20-16-30-70(80)71-31-17-21-35-81(71)98)43-45-79(88)95-78-44-40-63(60-24-10-7-11-25-60)49-87(78)102(90-56-69(55-89(99)91(90)95)100-82-36-22-18-32-72(82)73-33-19-23-37-83(73)100)92-74(61-26-12-8-13-27-61)51-66(94(4,5)6)52-75(92)62-28-14-9-15-29-62/h7-56H,1-6H3/i7D,10D,11D,16D,17D,18D,19D,20D,21D,22D,23D,24D,25D,30D,31D,32D,33D,34D,35D,36D,37D. The van der Waals surface area contributed by atoms with Gasteiger partial charge in [0, 0.05) is 77.6 Å². The summed E-state index contributed by atoms with van der Waals surface area (Å²) >= 11 is 0. The van der Waals surface area contributed by atoms with Crippen LogP contribution in [0.15, 0.2) is 303 Å². The summed E-state index contributed by atoms with van der Waals surface area (Å²) < 4.78 is 204. The van der Waals surface area contributed by atoms with Crippen LogP contribution in [0.5, 0.6) is 0 Å². The molecular formula is C94H68BN7. The lowest BCUT2D eigenvalue weighted by atomic mass is 9.33. The van der Waals surface area contributed by atoms with Gasteiger partial charge < -0.3 is 23.5 Å². The van der Waals surface area contributed by atoms with Crippen molar-refractivity contribution >= 4 is 123 Å². The van der Waals surface area contributed by atoms with E-state index in [2.05, 4.69) is 71.9 Å². The SMILES string of the molecule is [2H]c1c([2H])c([2H])c(-c2ccc3c(c2)N(c2c(-c4ccccc4)cc(C(C)(C)C)cc2-c2ccccc2)c2cc(-n4c5c([2H])c([2H])c([2H])c([2H])c5c5c([2H])c([2H])c([2H])c([2H])c54)cc4c2B3c2ccc(-n3c5c([2H])c([2H])c([2H])c([2H])c5c5c([2H])c([2H])c([2H])c([2H])c53)cc2N4c2ccc(C#N)c(-n3c4ccc(C#N)cc4c4cc(C(C)(C)C)ccc43)c2)c([2H])c1[2H]. The number of benzene rings is 14. The Morgan fingerprint density at radius 1 is 0.333 bits per heavy atom. The molecule has 2 aliphatic rings. The Balaban J connectivity index is 1.06. The fraction of sp³-hybridized carbons (Fsp3) is 0.0851. The molecule has 0 N–H and O–H groups in total. The molecule has 5 heterocycles. The first-order valence-electron chi connectivity index (χ1n) is 44.0. The quantitative estimate of drug-likeness (QED) is 0.142. The minimum atomic E-state index is -1.04. The van der Waals surface area contributed by atoms with Gasteiger partial charge in [-0.1, -0.05) is 229 Å². The van der Waals surface area contributed by atoms with Crippen molar-refractivity contribution in [1.82, 2.24) is 13.7 Å². The summed E-state index contributed by atoms with van der Waals surface area (Å²) in [7, 11) is 0. The van der Waals surface area contributed by atoms with E-state index in [9.17, 15) is 32.5 Å². The Morgan fingerprint density at radius 2 is 0.814 bits per heavy atom. The van der Waals surface area contributed by atoms with Crippen LogP contribution in [0.3, 0.4) is 0 Å². The van der Waals surface area contributed by atoms with Crippen LogP contribution in [-0.4, -0.2) is 20.4 Å². The predicted molar refractivity (Wildman–Crippen MR) is 427 cm³/mol. The number of aromatic nitrogens is 3. The van der Waals surface area contributed by atoms with Crippen molar-refractivity contribution in [1.29, 1.82) is 10.5 Å². The minimum Gasteiger partial charge on any atom is -0.311 e. The monoisotopic (exact) mass is 1330 g/mol. The number of fused-ring (bicyclic) bond motifs is 13. The van der Waals surface area contributed by atoms with E-state index in [1.54, 1.807) is 54.6 Å². The second-order valence-corrected chi connectivity index (χ2v) is 28.0. The van der Waals surface area contributed by atoms with Crippen LogP contribution in [-0.2, 0) is 10.8 Å². The molecule has 8 heteroatoms. The molecule has 482 valence electrons. The van der Waals surface area contributed by atoms with Gasteiger partial charge in [-0.2, -0.15) is 10.5 Å². The van der Waals surface area contributed by atoms with Crippen molar-refractivity contribution in [2.75, 3.05) is 9.80 Å². The first kappa shape index (κ1) is 42.2. The Kier molecular flexibility index (Phi) is 9.44. The third-order valence-electron chi connectivity index (χ3n) is 20.1. The molecule has 0 saturated heterocycles. The van der Waals surface area contributed by atoms with Crippen LogP contribution < -0.4 is 26.2 Å². The fourth-order valence-corrected chi connectivity index (χ4v) is 15.4. The van der Waals surface area contributed by atoms with E-state index in [-0.39, 0.29) is 88.5 Å². The Morgan fingerprint density at radius 3 is 1.37 bits per heavy atom. The smallest absolute Gasteiger partial charge is 0.252 e. The average molecular weight is 1330 g/mol. The number of para-hydroxylation sites is 4. The largest absolute Gasteiger partial charge is 0.311 e. The van der Waals surface area contributed by atoms with Crippen molar-refractivity contribution in [3.05, 3.63) is 325 Å². The van der Waals surface area contributed by atoms with E-state index in [4.69, 9.17) is 6.85 Å². The van der Waals surface area contributed by atoms with Crippen molar-refractivity contribution < 1.29 is 28.8 Å². The molecule has 14 aromatic carbocycles. The summed E-state index contributed by atoms with van der Waals surface area (Å²) in [4.78, 5) is 3.95. The molecule has 17 aromatic rings. The molecule has 0 radical (unpaired) electrons. The van der Waals surface area contributed by atoms with E-state index in [0.717, 1.165) is 27.6 Å². The van der Waals surface area contributed by atoms with Gasteiger partial charge in [-0.3, -0.25) is 0 Å². The maximum Gasteiger partial charge on any atom is 0.252 e. The van der Waals surface area contributed by atoms with Gasteiger partial charge in [0.2, 0.25) is 0 Å². The third-order valence-corrected chi connectivity index (χ3v) is 20.1. The molecule has 19 rings (SSSR count). The molecule has 0 amide bonds. The van der Waals surface area contributed by atoms with Crippen LogP contribution in [0.4, 0.5) is 34.1 Å². The molecular weight excluding hydrogens is 1240 g/mol.